The number of hydrogen-bond acceptors (Lipinski definition) is 5. The normalized spacial score (nSPS) is 11.6. The molecule has 0 bridgehead atoms. The highest BCUT2D eigenvalue weighted by atomic mass is 32.1. The van der Waals surface area contributed by atoms with E-state index in [1.54, 1.807) is 18.6 Å². The van der Waals surface area contributed by atoms with Crippen LogP contribution in [0, 0.1) is 0 Å². The molecule has 0 atom stereocenters. The molecule has 3 aromatic rings. The first-order valence-corrected chi connectivity index (χ1v) is 8.13. The maximum Gasteiger partial charge on any atom is 0.231 e. The van der Waals surface area contributed by atoms with E-state index in [2.05, 4.69) is 36.2 Å². The Kier molecular flexibility index (Phi) is 4.04. The molecule has 0 aliphatic rings. The van der Waals surface area contributed by atoms with Gasteiger partial charge in [-0.3, -0.25) is 9.48 Å². The fourth-order valence-corrected chi connectivity index (χ4v) is 2.83. The first kappa shape index (κ1) is 15.5. The summed E-state index contributed by atoms with van der Waals surface area (Å²) in [6, 6.07) is 3.64. The van der Waals surface area contributed by atoms with Gasteiger partial charge in [-0.1, -0.05) is 0 Å². The Labute approximate surface area is 138 Å². The van der Waals surface area contributed by atoms with Gasteiger partial charge < -0.3 is 9.73 Å². The van der Waals surface area contributed by atoms with E-state index in [-0.39, 0.29) is 17.9 Å². The zero-order valence-corrected chi connectivity index (χ0v) is 14.1. The molecule has 0 radical (unpaired) electrons. The van der Waals surface area contributed by atoms with Crippen LogP contribution in [0.15, 0.2) is 40.7 Å². The van der Waals surface area contributed by atoms with Gasteiger partial charge in [-0.05, 0) is 26.8 Å². The molecule has 0 aromatic carbocycles. The van der Waals surface area contributed by atoms with Gasteiger partial charge in [-0.25, -0.2) is 4.98 Å². The molecule has 0 spiro atoms. The molecule has 0 unspecified atom stereocenters. The summed E-state index contributed by atoms with van der Waals surface area (Å²) in [6.45, 7) is 6.16. The van der Waals surface area contributed by atoms with Crippen LogP contribution in [-0.4, -0.2) is 20.7 Å². The number of amides is 1. The highest BCUT2D eigenvalue weighted by Crippen LogP contribution is 2.24. The van der Waals surface area contributed by atoms with E-state index in [0.29, 0.717) is 5.82 Å². The SMILES string of the molecule is CC(C)(C)n1ccc(NC(=O)Cc2csc(-c3ccoc3)n2)n1. The van der Waals surface area contributed by atoms with Crippen LogP contribution in [0.5, 0.6) is 0 Å². The number of furan rings is 1. The largest absolute Gasteiger partial charge is 0.472 e. The van der Waals surface area contributed by atoms with Gasteiger partial charge in [0.05, 0.1) is 23.9 Å². The predicted molar refractivity (Wildman–Crippen MR) is 89.4 cm³/mol. The average molecular weight is 330 g/mol. The van der Waals surface area contributed by atoms with Crippen molar-refractivity contribution in [2.45, 2.75) is 32.7 Å². The van der Waals surface area contributed by atoms with Crippen LogP contribution in [0.4, 0.5) is 5.82 Å². The number of thiazole rings is 1. The molecule has 3 rings (SSSR count). The number of hydrogen-bond donors (Lipinski definition) is 1. The van der Waals surface area contributed by atoms with Crippen molar-refractivity contribution in [1.82, 2.24) is 14.8 Å². The number of nitrogens with zero attached hydrogens (tertiary/aromatic N) is 3. The molecule has 0 fully saturated rings. The van der Waals surface area contributed by atoms with Gasteiger partial charge in [0.15, 0.2) is 5.82 Å². The molecule has 0 aliphatic carbocycles. The van der Waals surface area contributed by atoms with Crippen molar-refractivity contribution >= 4 is 23.1 Å². The summed E-state index contributed by atoms with van der Waals surface area (Å²) >= 11 is 1.49. The third-order valence-corrected chi connectivity index (χ3v) is 4.15. The highest BCUT2D eigenvalue weighted by molar-refractivity contribution is 7.13. The fraction of sp³-hybridized carbons (Fsp3) is 0.312. The highest BCUT2D eigenvalue weighted by Gasteiger charge is 2.15. The quantitative estimate of drug-likeness (QED) is 0.794. The Morgan fingerprint density at radius 1 is 1.39 bits per heavy atom. The van der Waals surface area contributed by atoms with Crippen LogP contribution in [0.25, 0.3) is 10.6 Å². The van der Waals surface area contributed by atoms with Gasteiger partial charge in [0, 0.05) is 23.2 Å². The number of nitrogens with one attached hydrogen (secondary N) is 1. The molecular weight excluding hydrogens is 312 g/mol. The lowest BCUT2D eigenvalue weighted by atomic mass is 10.1. The van der Waals surface area contributed by atoms with Gasteiger partial charge in [0.1, 0.15) is 11.3 Å². The molecule has 0 saturated heterocycles. The minimum absolute atomic E-state index is 0.114. The van der Waals surface area contributed by atoms with E-state index < -0.39 is 0 Å². The molecule has 120 valence electrons. The van der Waals surface area contributed by atoms with Crippen LogP contribution >= 0.6 is 11.3 Å². The first-order valence-electron chi connectivity index (χ1n) is 7.25. The second kappa shape index (κ2) is 6.00. The van der Waals surface area contributed by atoms with Crippen molar-refractivity contribution in [2.24, 2.45) is 0 Å². The molecule has 6 nitrogen and oxygen atoms in total. The number of carbonyl (C=O) groups excluding carboxylic acids is 1. The predicted octanol–water partition coefficient (Wildman–Crippen LogP) is 3.54. The number of anilines is 1. The lowest BCUT2D eigenvalue weighted by Crippen LogP contribution is -2.23. The number of rotatable bonds is 4. The van der Waals surface area contributed by atoms with E-state index >= 15 is 0 Å². The minimum Gasteiger partial charge on any atom is -0.472 e. The first-order chi connectivity index (χ1) is 10.9. The van der Waals surface area contributed by atoms with Crippen molar-refractivity contribution < 1.29 is 9.21 Å². The molecule has 3 aromatic heterocycles. The van der Waals surface area contributed by atoms with Crippen molar-refractivity contribution in [3.8, 4) is 10.6 Å². The number of carbonyl (C=O) groups is 1. The van der Waals surface area contributed by atoms with E-state index in [4.69, 9.17) is 4.42 Å². The maximum atomic E-state index is 12.1. The standard InChI is InChI=1S/C16H18N4O2S/c1-16(2,3)20-6-4-13(19-20)18-14(21)8-12-10-23-15(17-12)11-5-7-22-9-11/h4-7,9-10H,8H2,1-3H3,(H,18,19,21). The second-order valence-electron chi connectivity index (χ2n) is 6.20. The van der Waals surface area contributed by atoms with Crippen molar-refractivity contribution in [1.29, 1.82) is 0 Å². The monoisotopic (exact) mass is 330 g/mol. The lowest BCUT2D eigenvalue weighted by molar-refractivity contribution is -0.115. The van der Waals surface area contributed by atoms with Gasteiger partial charge >= 0.3 is 0 Å². The third-order valence-electron chi connectivity index (χ3n) is 3.21. The molecule has 3 heterocycles. The van der Waals surface area contributed by atoms with Crippen molar-refractivity contribution in [3.63, 3.8) is 0 Å². The molecule has 0 aliphatic heterocycles. The Morgan fingerprint density at radius 2 is 2.22 bits per heavy atom. The molecular formula is C16H18N4O2S. The second-order valence-corrected chi connectivity index (χ2v) is 7.06. The summed E-state index contributed by atoms with van der Waals surface area (Å²) in [5.41, 5.74) is 1.54. The van der Waals surface area contributed by atoms with E-state index in [9.17, 15) is 4.79 Å². The van der Waals surface area contributed by atoms with Crippen LogP contribution in [0.3, 0.4) is 0 Å². The lowest BCUT2D eigenvalue weighted by Gasteiger charge is -2.18. The van der Waals surface area contributed by atoms with Gasteiger partial charge in [-0.2, -0.15) is 5.10 Å². The van der Waals surface area contributed by atoms with E-state index in [0.717, 1.165) is 16.3 Å². The van der Waals surface area contributed by atoms with Crippen LogP contribution < -0.4 is 5.32 Å². The Balaban J connectivity index is 1.62. The van der Waals surface area contributed by atoms with Gasteiger partial charge in [0.25, 0.3) is 0 Å². The number of aromatic nitrogens is 3. The van der Waals surface area contributed by atoms with Crippen LogP contribution in [0.1, 0.15) is 26.5 Å². The topological polar surface area (TPSA) is 73.0 Å². The van der Waals surface area contributed by atoms with E-state index in [1.165, 1.54) is 11.3 Å². The Hall–Kier alpha value is -2.41. The molecule has 1 amide bonds. The summed E-state index contributed by atoms with van der Waals surface area (Å²) in [6.07, 6.45) is 5.32. The molecule has 1 N–H and O–H groups in total. The zero-order chi connectivity index (χ0) is 16.4. The smallest absolute Gasteiger partial charge is 0.231 e. The summed E-state index contributed by atoms with van der Waals surface area (Å²) in [4.78, 5) is 16.6. The van der Waals surface area contributed by atoms with Crippen LogP contribution in [0.2, 0.25) is 0 Å². The fourth-order valence-electron chi connectivity index (χ4n) is 2.02. The summed E-state index contributed by atoms with van der Waals surface area (Å²) in [5.74, 6) is 0.420. The Morgan fingerprint density at radius 3 is 2.87 bits per heavy atom. The zero-order valence-electron chi connectivity index (χ0n) is 13.2. The third kappa shape index (κ3) is 3.68. The maximum absolute atomic E-state index is 12.1. The average Bonchev–Trinajstić information content (AvgIpc) is 3.17. The van der Waals surface area contributed by atoms with Crippen LogP contribution in [-0.2, 0) is 16.8 Å². The van der Waals surface area contributed by atoms with Crippen molar-refractivity contribution in [2.75, 3.05) is 5.32 Å². The molecule has 0 saturated carbocycles. The van der Waals surface area contributed by atoms with Gasteiger partial charge in [0.2, 0.25) is 5.91 Å². The van der Waals surface area contributed by atoms with Gasteiger partial charge in [-0.15, -0.1) is 11.3 Å². The molecule has 23 heavy (non-hydrogen) atoms. The Bertz CT molecular complexity index is 796. The molecule has 7 heteroatoms. The summed E-state index contributed by atoms with van der Waals surface area (Å²) in [7, 11) is 0. The summed E-state index contributed by atoms with van der Waals surface area (Å²) in [5, 5.41) is 9.90. The minimum atomic E-state index is -0.131. The van der Waals surface area contributed by atoms with Crippen molar-refractivity contribution in [3.05, 3.63) is 41.9 Å². The van der Waals surface area contributed by atoms with E-state index in [1.807, 2.05) is 22.3 Å². The summed E-state index contributed by atoms with van der Waals surface area (Å²) < 4.78 is 6.87.